The van der Waals surface area contributed by atoms with E-state index in [0.717, 1.165) is 32.5 Å². The maximum atomic E-state index is 12.1. The quantitative estimate of drug-likeness (QED) is 0.866. The Kier molecular flexibility index (Phi) is 5.30. The number of hydrogen-bond donors (Lipinski definition) is 1. The molecule has 0 aliphatic carbocycles. The minimum absolute atomic E-state index is 0.405. The molecule has 2 aromatic heterocycles. The predicted molar refractivity (Wildman–Crippen MR) is 91.8 cm³/mol. The largest absolute Gasteiger partial charge is 0.299 e. The number of piperidine rings is 1. The fraction of sp³-hybridized carbons (Fsp3) is 0.467. The molecule has 1 aliphatic rings. The summed E-state index contributed by atoms with van der Waals surface area (Å²) in [5.74, 6) is 0.438. The normalized spacial score (nSPS) is 17.8. The van der Waals surface area contributed by atoms with Gasteiger partial charge >= 0.3 is 0 Å². The molecule has 3 heterocycles. The third-order valence-electron chi connectivity index (χ3n) is 4.02. The average Bonchev–Trinajstić information content (AvgIpc) is 3.20. The van der Waals surface area contributed by atoms with Crippen molar-refractivity contribution in [2.24, 2.45) is 5.92 Å². The Hall–Kier alpha value is -0.730. The molecule has 1 N–H and O–H groups in total. The Morgan fingerprint density at radius 1 is 1.23 bits per heavy atom. The van der Waals surface area contributed by atoms with Gasteiger partial charge in [0.2, 0.25) is 10.0 Å². The summed E-state index contributed by atoms with van der Waals surface area (Å²) in [6.07, 6.45) is 2.11. The molecule has 1 aliphatic heterocycles. The van der Waals surface area contributed by atoms with Crippen LogP contribution in [0, 0.1) is 5.92 Å². The van der Waals surface area contributed by atoms with Crippen molar-refractivity contribution in [2.75, 3.05) is 19.6 Å². The van der Waals surface area contributed by atoms with Gasteiger partial charge in [-0.2, -0.15) is 11.3 Å². The van der Waals surface area contributed by atoms with Gasteiger partial charge in [0.25, 0.3) is 0 Å². The van der Waals surface area contributed by atoms with E-state index in [1.165, 1.54) is 16.9 Å². The SMILES string of the molecule is O=S(=O)(NCC1CCN(Cc2ccsc2)CC1)c1cccs1. The van der Waals surface area contributed by atoms with Crippen LogP contribution in [-0.2, 0) is 16.6 Å². The van der Waals surface area contributed by atoms with Gasteiger partial charge < -0.3 is 0 Å². The Morgan fingerprint density at radius 2 is 2.05 bits per heavy atom. The van der Waals surface area contributed by atoms with Crippen molar-refractivity contribution >= 4 is 32.7 Å². The molecule has 2 aromatic rings. The number of hydrogen-bond acceptors (Lipinski definition) is 5. The molecule has 0 aromatic carbocycles. The maximum absolute atomic E-state index is 12.1. The molecule has 22 heavy (non-hydrogen) atoms. The van der Waals surface area contributed by atoms with Crippen LogP contribution in [0.25, 0.3) is 0 Å². The Bertz CT molecular complexity index is 658. The second kappa shape index (κ2) is 7.23. The topological polar surface area (TPSA) is 49.4 Å². The number of thiophene rings is 2. The first-order chi connectivity index (χ1) is 10.6. The highest BCUT2D eigenvalue weighted by atomic mass is 32.2. The van der Waals surface area contributed by atoms with Crippen molar-refractivity contribution in [3.05, 3.63) is 39.9 Å². The summed E-state index contributed by atoms with van der Waals surface area (Å²) in [6.45, 7) is 3.64. The third-order valence-corrected chi connectivity index (χ3v) is 7.57. The van der Waals surface area contributed by atoms with E-state index in [0.29, 0.717) is 16.7 Å². The fourth-order valence-corrected chi connectivity index (χ4v) is 5.52. The van der Waals surface area contributed by atoms with E-state index >= 15 is 0 Å². The molecule has 0 spiro atoms. The lowest BCUT2D eigenvalue weighted by molar-refractivity contribution is 0.179. The monoisotopic (exact) mass is 356 g/mol. The van der Waals surface area contributed by atoms with Crippen LogP contribution in [-0.4, -0.2) is 33.0 Å². The molecule has 1 saturated heterocycles. The summed E-state index contributed by atoms with van der Waals surface area (Å²) >= 11 is 3.00. The van der Waals surface area contributed by atoms with Gasteiger partial charge in [0.05, 0.1) is 0 Å². The van der Waals surface area contributed by atoms with Gasteiger partial charge in [-0.3, -0.25) is 4.90 Å². The minimum Gasteiger partial charge on any atom is -0.299 e. The lowest BCUT2D eigenvalue weighted by Gasteiger charge is -2.31. The maximum Gasteiger partial charge on any atom is 0.250 e. The molecule has 0 amide bonds. The van der Waals surface area contributed by atoms with E-state index in [-0.39, 0.29) is 0 Å². The standard InChI is InChI=1S/C15H20N2O2S3/c18-22(19,15-2-1-8-21-15)16-10-13-3-6-17(7-4-13)11-14-5-9-20-12-14/h1-2,5,8-9,12-13,16H,3-4,6-7,10-11H2. The summed E-state index contributed by atoms with van der Waals surface area (Å²) in [6, 6.07) is 5.59. The third kappa shape index (κ3) is 4.17. The number of nitrogens with zero attached hydrogens (tertiary/aromatic N) is 1. The van der Waals surface area contributed by atoms with E-state index in [1.807, 2.05) is 0 Å². The first-order valence-corrected chi connectivity index (χ1v) is 10.7. The van der Waals surface area contributed by atoms with E-state index in [4.69, 9.17) is 0 Å². The zero-order valence-corrected chi connectivity index (χ0v) is 14.7. The Morgan fingerprint density at radius 3 is 2.68 bits per heavy atom. The molecule has 0 radical (unpaired) electrons. The molecule has 3 rings (SSSR count). The summed E-state index contributed by atoms with van der Waals surface area (Å²) in [4.78, 5) is 2.45. The van der Waals surface area contributed by atoms with Crippen LogP contribution in [0.15, 0.2) is 38.5 Å². The highest BCUT2D eigenvalue weighted by molar-refractivity contribution is 7.91. The van der Waals surface area contributed by atoms with Gasteiger partial charge in [0.15, 0.2) is 0 Å². The molecule has 0 unspecified atom stereocenters. The second-order valence-electron chi connectivity index (χ2n) is 5.64. The van der Waals surface area contributed by atoms with Crippen LogP contribution in [0.3, 0.4) is 0 Å². The molecule has 0 bridgehead atoms. The number of likely N-dealkylation sites (tertiary alicyclic amines) is 1. The molecular weight excluding hydrogens is 336 g/mol. The van der Waals surface area contributed by atoms with E-state index in [2.05, 4.69) is 26.4 Å². The fourth-order valence-electron chi connectivity index (χ4n) is 2.70. The number of nitrogens with one attached hydrogen (secondary N) is 1. The van der Waals surface area contributed by atoms with Crippen molar-refractivity contribution in [1.29, 1.82) is 0 Å². The van der Waals surface area contributed by atoms with Crippen molar-refractivity contribution in [2.45, 2.75) is 23.6 Å². The molecule has 1 fully saturated rings. The van der Waals surface area contributed by atoms with Crippen LogP contribution in [0.4, 0.5) is 0 Å². The van der Waals surface area contributed by atoms with Crippen LogP contribution in [0.2, 0.25) is 0 Å². The zero-order chi connectivity index (χ0) is 15.4. The lowest BCUT2D eigenvalue weighted by Crippen LogP contribution is -2.38. The van der Waals surface area contributed by atoms with Crippen LogP contribution in [0.5, 0.6) is 0 Å². The average molecular weight is 357 g/mol. The summed E-state index contributed by atoms with van der Waals surface area (Å²) in [5.41, 5.74) is 1.38. The highest BCUT2D eigenvalue weighted by Gasteiger charge is 2.22. The van der Waals surface area contributed by atoms with Crippen molar-refractivity contribution in [1.82, 2.24) is 9.62 Å². The summed E-state index contributed by atoms with van der Waals surface area (Å²) in [5, 5.41) is 6.10. The van der Waals surface area contributed by atoms with Crippen molar-refractivity contribution < 1.29 is 8.42 Å². The van der Waals surface area contributed by atoms with Crippen LogP contribution in [0.1, 0.15) is 18.4 Å². The Labute approximate surface area is 139 Å². The van der Waals surface area contributed by atoms with E-state index in [1.54, 1.807) is 28.8 Å². The van der Waals surface area contributed by atoms with Gasteiger partial charge in [0, 0.05) is 13.1 Å². The van der Waals surface area contributed by atoms with Gasteiger partial charge in [-0.05, 0) is 65.7 Å². The number of sulfonamides is 1. The summed E-state index contributed by atoms with van der Waals surface area (Å²) in [7, 11) is -3.31. The smallest absolute Gasteiger partial charge is 0.250 e. The summed E-state index contributed by atoms with van der Waals surface area (Å²) < 4.78 is 27.4. The second-order valence-corrected chi connectivity index (χ2v) is 9.36. The first kappa shape index (κ1) is 16.1. The van der Waals surface area contributed by atoms with Gasteiger partial charge in [-0.25, -0.2) is 13.1 Å². The lowest BCUT2D eigenvalue weighted by atomic mass is 9.97. The van der Waals surface area contributed by atoms with E-state index < -0.39 is 10.0 Å². The highest BCUT2D eigenvalue weighted by Crippen LogP contribution is 2.21. The molecule has 0 atom stereocenters. The molecule has 120 valence electrons. The first-order valence-electron chi connectivity index (χ1n) is 7.40. The predicted octanol–water partition coefficient (Wildman–Crippen LogP) is 3.00. The van der Waals surface area contributed by atoms with Crippen LogP contribution < -0.4 is 4.72 Å². The van der Waals surface area contributed by atoms with Gasteiger partial charge in [-0.1, -0.05) is 6.07 Å². The van der Waals surface area contributed by atoms with Gasteiger partial charge in [-0.15, -0.1) is 11.3 Å². The minimum atomic E-state index is -3.31. The van der Waals surface area contributed by atoms with Crippen molar-refractivity contribution in [3.63, 3.8) is 0 Å². The molecular formula is C15H20N2O2S3. The Balaban J connectivity index is 1.44. The molecule has 7 heteroatoms. The van der Waals surface area contributed by atoms with Crippen molar-refractivity contribution in [3.8, 4) is 0 Å². The molecule has 4 nitrogen and oxygen atoms in total. The number of rotatable bonds is 6. The molecule has 0 saturated carbocycles. The van der Waals surface area contributed by atoms with Gasteiger partial charge in [0.1, 0.15) is 4.21 Å². The van der Waals surface area contributed by atoms with Crippen LogP contribution >= 0.6 is 22.7 Å². The van der Waals surface area contributed by atoms with E-state index in [9.17, 15) is 8.42 Å². The zero-order valence-electron chi connectivity index (χ0n) is 12.3.